The molecule has 1 atom stereocenters. The number of non-ortho nitro benzene ring substituents is 1. The van der Waals surface area contributed by atoms with E-state index < -0.39 is 32.7 Å². The number of aromatic nitrogens is 1. The van der Waals surface area contributed by atoms with Gasteiger partial charge < -0.3 is 9.84 Å². The average molecular weight is 427 g/mol. The summed E-state index contributed by atoms with van der Waals surface area (Å²) < 4.78 is 6.52. The van der Waals surface area contributed by atoms with E-state index in [1.165, 1.54) is 6.92 Å². The topological polar surface area (TPSA) is 174 Å². The first kappa shape index (κ1) is 21.6. The van der Waals surface area contributed by atoms with Crippen LogP contribution in [0.1, 0.15) is 29.5 Å². The van der Waals surface area contributed by atoms with Crippen LogP contribution in [0.3, 0.4) is 0 Å². The van der Waals surface area contributed by atoms with Crippen LogP contribution < -0.4 is 5.56 Å². The third kappa shape index (κ3) is 4.26. The predicted octanol–water partition coefficient (Wildman–Crippen LogP) is 2.48. The van der Waals surface area contributed by atoms with Crippen molar-refractivity contribution in [2.24, 2.45) is 4.99 Å². The Morgan fingerprint density at radius 2 is 2.13 bits per heavy atom. The molecule has 0 aliphatic carbocycles. The van der Waals surface area contributed by atoms with E-state index in [0.717, 1.165) is 35.4 Å². The molecule has 12 nitrogen and oxygen atoms in total. The van der Waals surface area contributed by atoms with Crippen molar-refractivity contribution in [3.8, 4) is 11.9 Å². The third-order valence-electron chi connectivity index (χ3n) is 4.96. The molecule has 1 aliphatic rings. The lowest BCUT2D eigenvalue weighted by Crippen LogP contribution is -2.29. The van der Waals surface area contributed by atoms with Crippen LogP contribution in [0.4, 0.5) is 17.1 Å². The van der Waals surface area contributed by atoms with Crippen molar-refractivity contribution < 1.29 is 19.7 Å². The lowest BCUT2D eigenvalue weighted by molar-refractivity contribution is -0.393. The van der Waals surface area contributed by atoms with E-state index in [-0.39, 0.29) is 35.0 Å². The quantitative estimate of drug-likeness (QED) is 0.415. The van der Waals surface area contributed by atoms with Gasteiger partial charge in [0.1, 0.15) is 17.3 Å². The molecule has 0 saturated carbocycles. The second-order valence-electron chi connectivity index (χ2n) is 6.85. The van der Waals surface area contributed by atoms with Gasteiger partial charge in [-0.25, -0.2) is 4.99 Å². The van der Waals surface area contributed by atoms with Gasteiger partial charge in [-0.05, 0) is 31.4 Å². The second-order valence-corrected chi connectivity index (χ2v) is 6.85. The van der Waals surface area contributed by atoms with Crippen LogP contribution in [-0.4, -0.2) is 38.4 Å². The van der Waals surface area contributed by atoms with Gasteiger partial charge in [-0.2, -0.15) is 5.26 Å². The Bertz CT molecular complexity index is 1190. The molecule has 0 radical (unpaired) electrons. The summed E-state index contributed by atoms with van der Waals surface area (Å²) in [6.45, 7) is 2.02. The van der Waals surface area contributed by atoms with Gasteiger partial charge in [0, 0.05) is 18.9 Å². The highest BCUT2D eigenvalue weighted by Gasteiger charge is 2.24. The Kier molecular flexibility index (Phi) is 6.07. The summed E-state index contributed by atoms with van der Waals surface area (Å²) in [7, 11) is 0. The molecule has 31 heavy (non-hydrogen) atoms. The molecule has 0 amide bonds. The molecular formula is C19H17N5O7. The Labute approximate surface area is 174 Å². The molecule has 0 bridgehead atoms. The zero-order chi connectivity index (χ0) is 22.7. The number of ether oxygens (including phenoxy) is 1. The average Bonchev–Trinajstić information content (AvgIpc) is 3.24. The maximum atomic E-state index is 12.6. The fourth-order valence-electron chi connectivity index (χ4n) is 3.30. The van der Waals surface area contributed by atoms with E-state index in [4.69, 9.17) is 4.74 Å². The van der Waals surface area contributed by atoms with Crippen molar-refractivity contribution in [2.75, 3.05) is 6.61 Å². The zero-order valence-electron chi connectivity index (χ0n) is 16.3. The van der Waals surface area contributed by atoms with Crippen LogP contribution in [0.25, 0.3) is 0 Å². The molecule has 160 valence electrons. The summed E-state index contributed by atoms with van der Waals surface area (Å²) in [5.41, 5.74) is -1.95. The minimum Gasteiger partial charge on any atom is -0.494 e. The molecule has 1 N–H and O–H groups in total. The number of aliphatic imine (C=N–C) groups is 1. The number of pyridine rings is 1. The minimum atomic E-state index is -0.814. The Hall–Kier alpha value is -4.11. The molecule has 2 heterocycles. The summed E-state index contributed by atoms with van der Waals surface area (Å²) in [6, 6.07) is 4.76. The van der Waals surface area contributed by atoms with Gasteiger partial charge in [0.05, 0.1) is 34.1 Å². The standard InChI is InChI=1S/C19H17N5O7/c1-11-14(8-20)18(25)22(10-13-3-2-6-31-13)19(26)15(11)9-21-16-5-4-12(23(27)28)7-17(16)24(29)30/h4-5,7,9,13,26H,2-3,6,10H2,1H3. The van der Waals surface area contributed by atoms with Crippen LogP contribution in [0.2, 0.25) is 0 Å². The van der Waals surface area contributed by atoms with Gasteiger partial charge in [-0.15, -0.1) is 0 Å². The molecule has 1 fully saturated rings. The highest BCUT2D eigenvalue weighted by molar-refractivity contribution is 5.88. The fourth-order valence-corrected chi connectivity index (χ4v) is 3.30. The molecule has 0 spiro atoms. The van der Waals surface area contributed by atoms with Crippen LogP contribution in [0, 0.1) is 38.5 Å². The summed E-state index contributed by atoms with van der Waals surface area (Å²) in [6.07, 6.45) is 2.30. The lowest BCUT2D eigenvalue weighted by Gasteiger charge is -2.17. The molecule has 2 aromatic rings. The van der Waals surface area contributed by atoms with Crippen LogP contribution in [0.5, 0.6) is 5.88 Å². The smallest absolute Gasteiger partial charge is 0.301 e. The van der Waals surface area contributed by atoms with Crippen molar-refractivity contribution in [1.29, 1.82) is 5.26 Å². The number of benzene rings is 1. The lowest BCUT2D eigenvalue weighted by atomic mass is 10.1. The van der Waals surface area contributed by atoms with Crippen LogP contribution in [-0.2, 0) is 11.3 Å². The monoisotopic (exact) mass is 427 g/mol. The first-order valence-corrected chi connectivity index (χ1v) is 9.19. The van der Waals surface area contributed by atoms with E-state index in [1.807, 2.05) is 6.07 Å². The third-order valence-corrected chi connectivity index (χ3v) is 4.96. The highest BCUT2D eigenvalue weighted by Crippen LogP contribution is 2.32. The molecule has 1 saturated heterocycles. The maximum absolute atomic E-state index is 12.6. The van der Waals surface area contributed by atoms with Gasteiger partial charge in [0.15, 0.2) is 0 Å². The van der Waals surface area contributed by atoms with E-state index in [1.54, 1.807) is 0 Å². The first-order chi connectivity index (χ1) is 14.7. The molecule has 1 aliphatic heterocycles. The minimum absolute atomic E-state index is 0.0294. The predicted molar refractivity (Wildman–Crippen MR) is 108 cm³/mol. The Balaban J connectivity index is 2.10. The van der Waals surface area contributed by atoms with Gasteiger partial charge in [0.2, 0.25) is 5.88 Å². The normalized spacial score (nSPS) is 15.8. The number of nitro benzene ring substituents is 2. The summed E-state index contributed by atoms with van der Waals surface area (Å²) >= 11 is 0. The van der Waals surface area contributed by atoms with Gasteiger partial charge in [0.25, 0.3) is 11.2 Å². The Morgan fingerprint density at radius 3 is 2.71 bits per heavy atom. The summed E-state index contributed by atoms with van der Waals surface area (Å²) in [4.78, 5) is 37.2. The molecule has 3 rings (SSSR count). The van der Waals surface area contributed by atoms with Crippen molar-refractivity contribution in [3.63, 3.8) is 0 Å². The molecule has 1 aromatic heterocycles. The maximum Gasteiger partial charge on any atom is 0.301 e. The Morgan fingerprint density at radius 1 is 1.39 bits per heavy atom. The molecule has 1 unspecified atom stereocenters. The van der Waals surface area contributed by atoms with Gasteiger partial charge >= 0.3 is 5.69 Å². The summed E-state index contributed by atoms with van der Waals surface area (Å²) in [5, 5.41) is 42.3. The number of nitrogens with zero attached hydrogens (tertiary/aromatic N) is 5. The van der Waals surface area contributed by atoms with Crippen molar-refractivity contribution >= 4 is 23.3 Å². The van der Waals surface area contributed by atoms with Crippen LogP contribution in [0.15, 0.2) is 28.0 Å². The van der Waals surface area contributed by atoms with Gasteiger partial charge in [-0.3, -0.25) is 29.6 Å². The number of hydrogen-bond acceptors (Lipinski definition) is 9. The molecule has 1 aromatic carbocycles. The van der Waals surface area contributed by atoms with E-state index in [0.29, 0.717) is 13.0 Å². The van der Waals surface area contributed by atoms with E-state index in [2.05, 4.69) is 4.99 Å². The van der Waals surface area contributed by atoms with Gasteiger partial charge in [-0.1, -0.05) is 0 Å². The van der Waals surface area contributed by atoms with Crippen molar-refractivity contribution in [3.05, 3.63) is 65.5 Å². The molecular weight excluding hydrogens is 410 g/mol. The highest BCUT2D eigenvalue weighted by atomic mass is 16.6. The van der Waals surface area contributed by atoms with E-state index in [9.17, 15) is 35.4 Å². The van der Waals surface area contributed by atoms with Crippen LogP contribution >= 0.6 is 0 Å². The van der Waals surface area contributed by atoms with Crippen molar-refractivity contribution in [1.82, 2.24) is 4.57 Å². The zero-order valence-corrected chi connectivity index (χ0v) is 16.3. The second kappa shape index (κ2) is 8.72. The fraction of sp³-hybridized carbons (Fsp3) is 0.316. The molecule has 12 heteroatoms. The number of rotatable bonds is 6. The SMILES string of the molecule is Cc1c(C=Nc2ccc([N+](=O)[O-])cc2[N+](=O)[O-])c(O)n(CC2CCCO2)c(=O)c1C#N. The number of aromatic hydroxyl groups is 1. The number of nitro groups is 2. The van der Waals surface area contributed by atoms with E-state index >= 15 is 0 Å². The first-order valence-electron chi connectivity index (χ1n) is 9.19. The largest absolute Gasteiger partial charge is 0.494 e. The van der Waals surface area contributed by atoms with Crippen molar-refractivity contribution in [2.45, 2.75) is 32.4 Å². The number of nitriles is 1. The number of hydrogen-bond donors (Lipinski definition) is 1. The summed E-state index contributed by atoms with van der Waals surface area (Å²) in [5.74, 6) is -0.453.